The molecule has 0 amide bonds. The maximum absolute atomic E-state index is 2.12. The highest BCUT2D eigenvalue weighted by Gasteiger charge is 1.92. The number of rotatable bonds is 2. The Morgan fingerprint density at radius 3 is 0.469 bits per heavy atom. The van der Waals surface area contributed by atoms with Crippen molar-refractivity contribution in [1.29, 1.82) is 0 Å². The van der Waals surface area contributed by atoms with E-state index in [1.807, 2.05) is 79.7 Å². The smallest absolute Gasteiger partial charge is 0.0184 e. The lowest BCUT2D eigenvalue weighted by molar-refractivity contribution is 1.50. The highest BCUT2D eigenvalue weighted by Crippen LogP contribution is 2.18. The van der Waals surface area contributed by atoms with E-state index in [1.54, 1.807) is 0 Å². The average Bonchev–Trinajstić information content (AvgIpc) is 2.95. The zero-order valence-corrected chi connectivity index (χ0v) is 21.5. The predicted molar refractivity (Wildman–Crippen MR) is 149 cm³/mol. The van der Waals surface area contributed by atoms with Crippen LogP contribution in [0.5, 0.6) is 0 Å². The van der Waals surface area contributed by atoms with Crippen LogP contribution >= 0.6 is 0 Å². The second kappa shape index (κ2) is 24.2. The van der Waals surface area contributed by atoms with Crippen LogP contribution in [0.3, 0.4) is 0 Å². The first-order valence-corrected chi connectivity index (χ1v) is 12.1. The summed E-state index contributed by atoms with van der Waals surface area (Å²) in [7, 11) is 0. The van der Waals surface area contributed by atoms with Gasteiger partial charge >= 0.3 is 0 Å². The van der Waals surface area contributed by atoms with Crippen LogP contribution < -0.4 is 0 Å². The van der Waals surface area contributed by atoms with Crippen LogP contribution in [0.2, 0.25) is 0 Å². The maximum Gasteiger partial charge on any atom is -0.0184 e. The van der Waals surface area contributed by atoms with Gasteiger partial charge in [0, 0.05) is 0 Å². The van der Waals surface area contributed by atoms with E-state index in [-0.39, 0.29) is 0 Å². The summed E-state index contributed by atoms with van der Waals surface area (Å²) in [5.74, 6) is 0. The fourth-order valence-electron chi connectivity index (χ4n) is 2.52. The van der Waals surface area contributed by atoms with Gasteiger partial charge in [-0.3, -0.25) is 0 Å². The molecule has 0 aliphatic heterocycles. The zero-order valence-electron chi connectivity index (χ0n) is 21.5. The predicted octanol–water partition coefficient (Wildman–Crippen LogP) is 10.8. The number of hydrogen-bond acceptors (Lipinski definition) is 0. The van der Waals surface area contributed by atoms with E-state index in [0.717, 1.165) is 0 Å². The Morgan fingerprint density at radius 1 is 0.219 bits per heavy atom. The molecule has 172 valence electrons. The van der Waals surface area contributed by atoms with Gasteiger partial charge in [-0.1, -0.05) is 177 Å². The monoisotopic (exact) mass is 428 g/mol. The summed E-state index contributed by atoms with van der Waals surface area (Å²) < 4.78 is 0. The molecule has 0 heteroatoms. The second-order valence-corrected chi connectivity index (χ2v) is 5.46. The quantitative estimate of drug-likeness (QED) is 0.298. The SMILES string of the molecule is CC.CC.CC.CC.c1ccc(-c2ccccc2)cc1.c1ccc(-c2ccccc2)cc1. The molecule has 0 nitrogen and oxygen atoms in total. The van der Waals surface area contributed by atoms with Gasteiger partial charge in [0.25, 0.3) is 0 Å². The number of benzene rings is 4. The highest BCUT2D eigenvalue weighted by molar-refractivity contribution is 5.63. The van der Waals surface area contributed by atoms with E-state index < -0.39 is 0 Å². The Balaban J connectivity index is 0. The van der Waals surface area contributed by atoms with Crippen molar-refractivity contribution in [2.24, 2.45) is 0 Å². The van der Waals surface area contributed by atoms with E-state index in [9.17, 15) is 0 Å². The minimum atomic E-state index is 1.28. The molecule has 0 heterocycles. The third-order valence-electron chi connectivity index (χ3n) is 3.76. The van der Waals surface area contributed by atoms with Crippen LogP contribution in [0.1, 0.15) is 55.4 Å². The van der Waals surface area contributed by atoms with Crippen molar-refractivity contribution in [3.05, 3.63) is 121 Å². The van der Waals surface area contributed by atoms with Gasteiger partial charge in [-0.05, 0) is 22.3 Å². The van der Waals surface area contributed by atoms with Gasteiger partial charge in [0.05, 0.1) is 0 Å². The van der Waals surface area contributed by atoms with Gasteiger partial charge in [-0.15, -0.1) is 0 Å². The van der Waals surface area contributed by atoms with Crippen LogP contribution in [-0.4, -0.2) is 0 Å². The molecule has 4 aromatic carbocycles. The Hall–Kier alpha value is -3.12. The molecule has 0 spiro atoms. The van der Waals surface area contributed by atoms with Crippen molar-refractivity contribution in [1.82, 2.24) is 0 Å². The van der Waals surface area contributed by atoms with Crippen LogP contribution in [0.4, 0.5) is 0 Å². The molecule has 0 aliphatic rings. The summed E-state index contributed by atoms with van der Waals surface area (Å²) in [5.41, 5.74) is 5.10. The van der Waals surface area contributed by atoms with Crippen molar-refractivity contribution in [3.8, 4) is 22.3 Å². The van der Waals surface area contributed by atoms with Crippen LogP contribution in [-0.2, 0) is 0 Å². The van der Waals surface area contributed by atoms with E-state index in [1.165, 1.54) is 22.3 Å². The fraction of sp³-hybridized carbons (Fsp3) is 0.250. The second-order valence-electron chi connectivity index (χ2n) is 5.46. The summed E-state index contributed by atoms with van der Waals surface area (Å²) in [6.45, 7) is 16.0. The fourth-order valence-corrected chi connectivity index (χ4v) is 2.52. The van der Waals surface area contributed by atoms with Crippen molar-refractivity contribution in [3.63, 3.8) is 0 Å². The highest BCUT2D eigenvalue weighted by atomic mass is 14.0. The van der Waals surface area contributed by atoms with Gasteiger partial charge in [0.1, 0.15) is 0 Å². The summed E-state index contributed by atoms with van der Waals surface area (Å²) in [6, 6.07) is 41.6. The summed E-state index contributed by atoms with van der Waals surface area (Å²) >= 11 is 0. The lowest BCUT2D eigenvalue weighted by Crippen LogP contribution is -1.73. The zero-order chi connectivity index (χ0) is 24.5. The van der Waals surface area contributed by atoms with Crippen molar-refractivity contribution in [2.45, 2.75) is 55.4 Å². The first-order valence-electron chi connectivity index (χ1n) is 12.1. The normalized spacial score (nSPS) is 8.00. The van der Waals surface area contributed by atoms with Crippen LogP contribution in [0.25, 0.3) is 22.3 Å². The Labute approximate surface area is 199 Å². The van der Waals surface area contributed by atoms with E-state index in [2.05, 4.69) is 97.1 Å². The third-order valence-corrected chi connectivity index (χ3v) is 3.76. The first kappa shape index (κ1) is 31.1. The molecule has 0 saturated carbocycles. The molecule has 0 N–H and O–H groups in total. The lowest BCUT2D eigenvalue weighted by atomic mass is 10.1. The first-order chi connectivity index (χ1) is 15.9. The van der Waals surface area contributed by atoms with E-state index in [0.29, 0.717) is 0 Å². The average molecular weight is 429 g/mol. The van der Waals surface area contributed by atoms with Crippen LogP contribution in [0.15, 0.2) is 121 Å². The van der Waals surface area contributed by atoms with Gasteiger partial charge in [0.2, 0.25) is 0 Å². The molecule has 4 rings (SSSR count). The molecule has 0 saturated heterocycles. The number of hydrogen-bond donors (Lipinski definition) is 0. The molecule has 32 heavy (non-hydrogen) atoms. The molecule has 0 radical (unpaired) electrons. The molecular weight excluding hydrogens is 384 g/mol. The molecule has 4 aromatic rings. The van der Waals surface area contributed by atoms with Crippen molar-refractivity contribution in [2.75, 3.05) is 0 Å². The van der Waals surface area contributed by atoms with Gasteiger partial charge < -0.3 is 0 Å². The molecular formula is C32H44. The van der Waals surface area contributed by atoms with E-state index >= 15 is 0 Å². The van der Waals surface area contributed by atoms with Crippen molar-refractivity contribution >= 4 is 0 Å². The van der Waals surface area contributed by atoms with Crippen molar-refractivity contribution < 1.29 is 0 Å². The summed E-state index contributed by atoms with van der Waals surface area (Å²) in [6.07, 6.45) is 0. The summed E-state index contributed by atoms with van der Waals surface area (Å²) in [5, 5.41) is 0. The standard InChI is InChI=1S/2C12H10.4C2H6/c2*1-3-7-11(8-4-1)12-9-5-2-6-10-12;4*1-2/h2*1-10H;4*1-2H3. The van der Waals surface area contributed by atoms with Gasteiger partial charge in [-0.2, -0.15) is 0 Å². The Morgan fingerprint density at radius 2 is 0.344 bits per heavy atom. The third kappa shape index (κ3) is 13.2. The van der Waals surface area contributed by atoms with Gasteiger partial charge in [0.15, 0.2) is 0 Å². The molecule has 0 bridgehead atoms. The summed E-state index contributed by atoms with van der Waals surface area (Å²) in [4.78, 5) is 0. The topological polar surface area (TPSA) is 0 Å². The molecule has 0 aliphatic carbocycles. The molecule has 0 fully saturated rings. The minimum absolute atomic E-state index is 1.28. The molecule has 0 atom stereocenters. The molecule has 0 unspecified atom stereocenters. The van der Waals surface area contributed by atoms with E-state index in [4.69, 9.17) is 0 Å². The molecule has 0 aromatic heterocycles. The Bertz CT molecular complexity index is 670. The maximum atomic E-state index is 2.12. The largest absolute Gasteiger partial charge is 0.0683 e. The minimum Gasteiger partial charge on any atom is -0.0683 e. The van der Waals surface area contributed by atoms with Gasteiger partial charge in [-0.25, -0.2) is 0 Å². The lowest BCUT2D eigenvalue weighted by Gasteiger charge is -1.98. The van der Waals surface area contributed by atoms with Crippen LogP contribution in [0, 0.1) is 0 Å². The Kier molecular flexibility index (Phi) is 23.4.